The molecule has 13 heavy (non-hydrogen) atoms. The van der Waals surface area contributed by atoms with Crippen LogP contribution in [0.4, 0.5) is 14.1 Å². The molecule has 0 rings (SSSR count). The van der Waals surface area contributed by atoms with Crippen molar-refractivity contribution in [2.75, 3.05) is 19.6 Å². The average molecular weight is 197 g/mol. The summed E-state index contributed by atoms with van der Waals surface area (Å²) >= 11 is 0. The van der Waals surface area contributed by atoms with Crippen LogP contribution in [0, 0.1) is 0 Å². The van der Waals surface area contributed by atoms with Crippen molar-refractivity contribution in [3.63, 3.8) is 0 Å². The number of nitrogens with zero attached hydrogens (tertiary/aromatic N) is 1. The Balaban J connectivity index is -0.000000135. The van der Waals surface area contributed by atoms with E-state index in [0.29, 0.717) is 0 Å². The Bertz CT molecular complexity index is 102. The summed E-state index contributed by atoms with van der Waals surface area (Å²) in [7, 11) is 0. The Kier molecular flexibility index (Phi) is 29.9. The van der Waals surface area contributed by atoms with Crippen LogP contribution in [0.1, 0.15) is 0 Å². The Morgan fingerprint density at radius 1 is 0.692 bits per heavy atom. The predicted molar refractivity (Wildman–Crippen MR) is 54.5 cm³/mol. The van der Waals surface area contributed by atoms with Crippen LogP contribution in [0.3, 0.4) is 0 Å². The van der Waals surface area contributed by atoms with Gasteiger partial charge in [-0.3, -0.25) is 19.0 Å². The summed E-state index contributed by atoms with van der Waals surface area (Å²) in [4.78, 5) is 2.19. The first-order valence-electron chi connectivity index (χ1n) is 3.40. The van der Waals surface area contributed by atoms with E-state index in [1.807, 2.05) is 18.2 Å². The average Bonchev–Trinajstić information content (AvgIpc) is 1.90. The van der Waals surface area contributed by atoms with Crippen LogP contribution < -0.4 is 0 Å². The standard InChI is InChI=1S/C9H15N.3FH/c1-4-7-10(8-5-2)9-6-3;;;/h4-6H,1-3,7-9H2;3*1H. The smallest absolute Gasteiger partial charge is 0.0167 e. The maximum atomic E-state index is 3.65. The minimum Gasteiger partial charge on any atom is -0.292 e. The van der Waals surface area contributed by atoms with Crippen molar-refractivity contribution in [2.45, 2.75) is 0 Å². The Morgan fingerprint density at radius 2 is 0.923 bits per heavy atom. The van der Waals surface area contributed by atoms with Crippen LogP contribution in [0.15, 0.2) is 38.0 Å². The summed E-state index contributed by atoms with van der Waals surface area (Å²) < 4.78 is 0. The fraction of sp³-hybridized carbons (Fsp3) is 0.333. The van der Waals surface area contributed by atoms with Crippen LogP contribution in [0.25, 0.3) is 0 Å². The molecule has 0 radical (unpaired) electrons. The van der Waals surface area contributed by atoms with Gasteiger partial charge in [0, 0.05) is 19.6 Å². The normalized spacial score (nSPS) is 7.15. The second-order valence-corrected chi connectivity index (χ2v) is 2.08. The molecular formula is C9H18F3N. The van der Waals surface area contributed by atoms with Gasteiger partial charge in [0.25, 0.3) is 0 Å². The lowest BCUT2D eigenvalue weighted by Gasteiger charge is -2.15. The number of rotatable bonds is 6. The zero-order valence-electron chi connectivity index (χ0n) is 7.65. The molecule has 0 heterocycles. The van der Waals surface area contributed by atoms with Crippen LogP contribution in [-0.4, -0.2) is 24.5 Å². The van der Waals surface area contributed by atoms with Crippen molar-refractivity contribution in [3.8, 4) is 0 Å². The largest absolute Gasteiger partial charge is 0.292 e. The van der Waals surface area contributed by atoms with Crippen LogP contribution in [0.2, 0.25) is 0 Å². The molecule has 0 aromatic heterocycles. The summed E-state index contributed by atoms with van der Waals surface area (Å²) in [6, 6.07) is 0. The molecule has 0 saturated heterocycles. The van der Waals surface area contributed by atoms with E-state index in [2.05, 4.69) is 24.6 Å². The van der Waals surface area contributed by atoms with Crippen LogP contribution in [-0.2, 0) is 0 Å². The van der Waals surface area contributed by atoms with Crippen molar-refractivity contribution in [3.05, 3.63) is 38.0 Å². The van der Waals surface area contributed by atoms with Gasteiger partial charge in [0.1, 0.15) is 0 Å². The van der Waals surface area contributed by atoms with E-state index in [0.717, 1.165) is 19.6 Å². The molecule has 0 N–H and O–H groups in total. The minimum absolute atomic E-state index is 0. The molecule has 80 valence electrons. The Hall–Kier alpha value is -1.03. The summed E-state index contributed by atoms with van der Waals surface area (Å²) in [5.41, 5.74) is 0. The van der Waals surface area contributed by atoms with Gasteiger partial charge >= 0.3 is 0 Å². The van der Waals surface area contributed by atoms with E-state index in [-0.39, 0.29) is 14.1 Å². The van der Waals surface area contributed by atoms with Crippen molar-refractivity contribution in [1.29, 1.82) is 0 Å². The number of hydrogen-bond donors (Lipinski definition) is 0. The highest BCUT2D eigenvalue weighted by Crippen LogP contribution is 1.88. The monoisotopic (exact) mass is 197 g/mol. The third-order valence-corrected chi connectivity index (χ3v) is 1.16. The molecule has 1 nitrogen and oxygen atoms in total. The molecule has 0 amide bonds. The van der Waals surface area contributed by atoms with Crippen molar-refractivity contribution < 1.29 is 14.1 Å². The molecular weight excluding hydrogens is 179 g/mol. The van der Waals surface area contributed by atoms with E-state index in [1.165, 1.54) is 0 Å². The lowest BCUT2D eigenvalue weighted by atomic mass is 10.4. The first-order chi connectivity index (χ1) is 4.85. The van der Waals surface area contributed by atoms with Gasteiger partial charge < -0.3 is 0 Å². The van der Waals surface area contributed by atoms with Gasteiger partial charge in [0.15, 0.2) is 0 Å². The highest BCUT2D eigenvalue weighted by Gasteiger charge is 1.94. The molecule has 0 aliphatic carbocycles. The summed E-state index contributed by atoms with van der Waals surface area (Å²) in [6.45, 7) is 13.7. The third kappa shape index (κ3) is 13.9. The predicted octanol–water partition coefficient (Wildman–Crippen LogP) is 2.30. The van der Waals surface area contributed by atoms with Gasteiger partial charge in [-0.05, 0) is 0 Å². The molecule has 0 saturated carbocycles. The second kappa shape index (κ2) is 17.2. The van der Waals surface area contributed by atoms with Gasteiger partial charge in [0.05, 0.1) is 0 Å². The Morgan fingerprint density at radius 3 is 1.08 bits per heavy atom. The van der Waals surface area contributed by atoms with E-state index in [9.17, 15) is 0 Å². The quantitative estimate of drug-likeness (QED) is 0.590. The second-order valence-electron chi connectivity index (χ2n) is 2.08. The third-order valence-electron chi connectivity index (χ3n) is 1.16. The number of halogens is 3. The maximum absolute atomic E-state index is 3.65. The molecule has 0 aliphatic heterocycles. The molecule has 0 aromatic rings. The molecule has 0 atom stereocenters. The lowest BCUT2D eigenvalue weighted by Crippen LogP contribution is -2.23. The van der Waals surface area contributed by atoms with Gasteiger partial charge in [-0.2, -0.15) is 0 Å². The SMILES string of the molecule is C=CCN(CC=C)CC=C.F.F.F. The molecule has 0 spiro atoms. The maximum Gasteiger partial charge on any atom is 0.0167 e. The molecule has 0 fully saturated rings. The van der Waals surface area contributed by atoms with Crippen molar-refractivity contribution >= 4 is 0 Å². The van der Waals surface area contributed by atoms with E-state index in [4.69, 9.17) is 0 Å². The lowest BCUT2D eigenvalue weighted by molar-refractivity contribution is 0.373. The van der Waals surface area contributed by atoms with Gasteiger partial charge in [-0.1, -0.05) is 18.2 Å². The molecule has 4 heteroatoms. The van der Waals surface area contributed by atoms with E-state index < -0.39 is 0 Å². The highest BCUT2D eigenvalue weighted by molar-refractivity contribution is 4.83. The molecule has 0 unspecified atom stereocenters. The van der Waals surface area contributed by atoms with Crippen LogP contribution in [0.5, 0.6) is 0 Å². The summed E-state index contributed by atoms with van der Waals surface area (Å²) in [5.74, 6) is 0. The Labute approximate surface area is 77.5 Å². The van der Waals surface area contributed by atoms with Crippen LogP contribution >= 0.6 is 0 Å². The highest BCUT2D eigenvalue weighted by atomic mass is 19.0. The molecule has 0 aromatic carbocycles. The first kappa shape index (κ1) is 22.7. The van der Waals surface area contributed by atoms with Crippen molar-refractivity contribution in [1.82, 2.24) is 4.90 Å². The van der Waals surface area contributed by atoms with Gasteiger partial charge in [-0.25, -0.2) is 0 Å². The fourth-order valence-corrected chi connectivity index (χ4v) is 0.771. The van der Waals surface area contributed by atoms with E-state index >= 15 is 0 Å². The van der Waals surface area contributed by atoms with Gasteiger partial charge in [0.2, 0.25) is 0 Å². The number of hydrogen-bond acceptors (Lipinski definition) is 1. The minimum atomic E-state index is 0. The fourth-order valence-electron chi connectivity index (χ4n) is 0.771. The topological polar surface area (TPSA) is 3.24 Å². The first-order valence-corrected chi connectivity index (χ1v) is 3.40. The molecule has 0 aliphatic rings. The zero-order valence-corrected chi connectivity index (χ0v) is 7.65. The summed E-state index contributed by atoms with van der Waals surface area (Å²) in [5, 5.41) is 0. The summed E-state index contributed by atoms with van der Waals surface area (Å²) in [6.07, 6.45) is 5.65. The van der Waals surface area contributed by atoms with Crippen molar-refractivity contribution in [2.24, 2.45) is 0 Å². The van der Waals surface area contributed by atoms with E-state index in [1.54, 1.807) is 0 Å². The zero-order chi connectivity index (χ0) is 7.82. The molecule has 0 bridgehead atoms. The van der Waals surface area contributed by atoms with Gasteiger partial charge in [-0.15, -0.1) is 19.7 Å².